The predicted octanol–water partition coefficient (Wildman–Crippen LogP) is 3.67. The fourth-order valence-electron chi connectivity index (χ4n) is 4.02. The largest absolute Gasteiger partial charge is 0.494 e. The number of nitrogens with one attached hydrogen (secondary N) is 3. The zero-order valence-corrected chi connectivity index (χ0v) is 18.4. The number of imidazole rings is 1. The van der Waals surface area contributed by atoms with Gasteiger partial charge in [-0.2, -0.15) is 15.2 Å². The molecule has 4 aromatic rings. The van der Waals surface area contributed by atoms with Gasteiger partial charge in [-0.1, -0.05) is 0 Å². The van der Waals surface area contributed by atoms with Crippen molar-refractivity contribution < 1.29 is 9.47 Å². The quantitative estimate of drug-likeness (QED) is 0.411. The van der Waals surface area contributed by atoms with E-state index in [-0.39, 0.29) is 6.04 Å². The van der Waals surface area contributed by atoms with E-state index in [9.17, 15) is 5.26 Å². The second-order valence-electron chi connectivity index (χ2n) is 7.82. The van der Waals surface area contributed by atoms with E-state index in [0.29, 0.717) is 47.3 Å². The molecule has 10 nitrogen and oxygen atoms in total. The highest BCUT2D eigenvalue weighted by atomic mass is 16.5. The lowest BCUT2D eigenvalue weighted by atomic mass is 10.1. The molecule has 3 N–H and O–H groups in total. The molecule has 0 atom stereocenters. The number of methoxy groups -OCH3 is 1. The molecule has 0 bridgehead atoms. The van der Waals surface area contributed by atoms with Crippen LogP contribution in [0.3, 0.4) is 0 Å². The number of anilines is 3. The number of aromatic nitrogens is 5. The van der Waals surface area contributed by atoms with Crippen molar-refractivity contribution in [3.63, 3.8) is 0 Å². The van der Waals surface area contributed by atoms with Gasteiger partial charge in [0.25, 0.3) is 0 Å². The van der Waals surface area contributed by atoms with E-state index >= 15 is 0 Å². The van der Waals surface area contributed by atoms with Crippen molar-refractivity contribution in [1.82, 2.24) is 24.5 Å². The minimum Gasteiger partial charge on any atom is -0.494 e. The Morgan fingerprint density at radius 2 is 2.12 bits per heavy atom. The van der Waals surface area contributed by atoms with Crippen LogP contribution in [-0.2, 0) is 4.74 Å². The Labute approximate surface area is 190 Å². The lowest BCUT2D eigenvalue weighted by Gasteiger charge is -2.24. The summed E-state index contributed by atoms with van der Waals surface area (Å²) in [5.74, 6) is 2.55. The number of nitrogens with zero attached hydrogens (tertiary/aromatic N) is 5. The summed E-state index contributed by atoms with van der Waals surface area (Å²) in [6.07, 6.45) is 7.07. The van der Waals surface area contributed by atoms with Crippen molar-refractivity contribution in [3.8, 4) is 17.5 Å². The highest BCUT2D eigenvalue weighted by Gasteiger charge is 2.20. The van der Waals surface area contributed by atoms with Crippen LogP contribution < -0.4 is 15.4 Å². The summed E-state index contributed by atoms with van der Waals surface area (Å²) < 4.78 is 13.1. The molecule has 1 aliphatic rings. The first kappa shape index (κ1) is 20.8. The van der Waals surface area contributed by atoms with Gasteiger partial charge in [-0.05, 0) is 31.9 Å². The second-order valence-corrected chi connectivity index (χ2v) is 7.82. The smallest absolute Gasteiger partial charge is 0.231 e. The number of hydrogen-bond donors (Lipinski definition) is 3. The molecule has 168 valence electrons. The molecule has 1 fully saturated rings. The Bertz CT molecular complexity index is 1330. The highest BCUT2D eigenvalue weighted by Crippen LogP contribution is 2.32. The minimum absolute atomic E-state index is 0.221. The topological polar surface area (TPSA) is 126 Å². The fraction of sp³-hybridized carbons (Fsp3) is 0.304. The molecule has 1 aliphatic heterocycles. The van der Waals surface area contributed by atoms with Gasteiger partial charge in [-0.3, -0.25) is 0 Å². The van der Waals surface area contributed by atoms with Crippen LogP contribution in [0.15, 0.2) is 36.8 Å². The molecule has 1 saturated heterocycles. The molecule has 4 heterocycles. The van der Waals surface area contributed by atoms with Gasteiger partial charge in [0, 0.05) is 43.9 Å². The number of nitriles is 1. The van der Waals surface area contributed by atoms with E-state index in [1.165, 1.54) is 0 Å². The van der Waals surface area contributed by atoms with Crippen LogP contribution in [0, 0.1) is 18.3 Å². The first-order valence-corrected chi connectivity index (χ1v) is 10.7. The average Bonchev–Trinajstić information content (AvgIpc) is 3.46. The minimum atomic E-state index is 0.221. The van der Waals surface area contributed by atoms with Crippen molar-refractivity contribution >= 4 is 28.5 Å². The molecular weight excluding hydrogens is 420 g/mol. The van der Waals surface area contributed by atoms with E-state index in [1.54, 1.807) is 19.5 Å². The molecule has 10 heteroatoms. The number of H-pyrrole nitrogens is 1. The van der Waals surface area contributed by atoms with Crippen LogP contribution in [0.5, 0.6) is 5.75 Å². The Morgan fingerprint density at radius 3 is 2.85 bits per heavy atom. The third-order valence-corrected chi connectivity index (χ3v) is 5.75. The lowest BCUT2D eigenvalue weighted by Crippen LogP contribution is -2.28. The maximum absolute atomic E-state index is 9.54. The van der Waals surface area contributed by atoms with E-state index < -0.39 is 0 Å². The van der Waals surface area contributed by atoms with Gasteiger partial charge < -0.3 is 29.7 Å². The van der Waals surface area contributed by atoms with Crippen molar-refractivity contribution in [3.05, 3.63) is 48.2 Å². The Morgan fingerprint density at radius 1 is 1.27 bits per heavy atom. The number of benzene rings is 1. The number of fused-ring (bicyclic) bond motifs is 1. The molecule has 1 aromatic carbocycles. The van der Waals surface area contributed by atoms with Crippen molar-refractivity contribution in [2.75, 3.05) is 31.0 Å². The molecular formula is C23H24N8O2. The van der Waals surface area contributed by atoms with Crippen LogP contribution in [0.1, 0.15) is 24.2 Å². The average molecular weight is 444 g/mol. The molecule has 0 aliphatic carbocycles. The number of aryl methyl sites for hydroxylation is 1. The van der Waals surface area contributed by atoms with Gasteiger partial charge in [-0.15, -0.1) is 0 Å². The summed E-state index contributed by atoms with van der Waals surface area (Å²) in [5.41, 5.74) is 2.75. The number of aromatic amines is 1. The zero-order chi connectivity index (χ0) is 22.8. The van der Waals surface area contributed by atoms with Crippen LogP contribution in [0.2, 0.25) is 0 Å². The first-order chi connectivity index (χ1) is 16.2. The molecule has 33 heavy (non-hydrogen) atoms. The molecule has 5 rings (SSSR count). The third kappa shape index (κ3) is 4.06. The third-order valence-electron chi connectivity index (χ3n) is 5.75. The number of ether oxygens (including phenoxy) is 2. The summed E-state index contributed by atoms with van der Waals surface area (Å²) in [6, 6.07) is 8.26. The van der Waals surface area contributed by atoms with E-state index in [1.807, 2.05) is 35.9 Å². The maximum atomic E-state index is 9.54. The molecule has 0 amide bonds. The summed E-state index contributed by atoms with van der Waals surface area (Å²) >= 11 is 0. The number of hydrogen-bond acceptors (Lipinski definition) is 8. The van der Waals surface area contributed by atoms with Crippen molar-refractivity contribution in [1.29, 1.82) is 5.26 Å². The summed E-state index contributed by atoms with van der Waals surface area (Å²) in [6.45, 7) is 3.35. The van der Waals surface area contributed by atoms with Gasteiger partial charge in [0.15, 0.2) is 0 Å². The summed E-state index contributed by atoms with van der Waals surface area (Å²) in [5, 5.41) is 17.0. The summed E-state index contributed by atoms with van der Waals surface area (Å²) in [4.78, 5) is 16.7. The predicted molar refractivity (Wildman–Crippen MR) is 124 cm³/mol. The zero-order valence-electron chi connectivity index (χ0n) is 18.4. The van der Waals surface area contributed by atoms with Gasteiger partial charge >= 0.3 is 0 Å². The van der Waals surface area contributed by atoms with Crippen LogP contribution in [0.4, 0.5) is 17.5 Å². The van der Waals surface area contributed by atoms with Gasteiger partial charge in [0.05, 0.1) is 29.4 Å². The monoisotopic (exact) mass is 444 g/mol. The highest BCUT2D eigenvalue weighted by molar-refractivity contribution is 5.93. The van der Waals surface area contributed by atoms with Crippen LogP contribution in [0.25, 0.3) is 16.7 Å². The van der Waals surface area contributed by atoms with E-state index in [0.717, 1.165) is 30.0 Å². The second kappa shape index (κ2) is 8.80. The molecule has 3 aromatic heterocycles. The number of rotatable bonds is 6. The molecule has 0 saturated carbocycles. The SMILES string of the molecule is COc1cc(-n2ccnc2C)ccc1Nc1nc(NC2CCOCC2)c2c(C#N)c[nH]c2n1. The lowest BCUT2D eigenvalue weighted by molar-refractivity contribution is 0.0904. The molecule has 0 unspecified atom stereocenters. The van der Waals surface area contributed by atoms with E-state index in [2.05, 4.69) is 31.7 Å². The van der Waals surface area contributed by atoms with E-state index in [4.69, 9.17) is 14.5 Å². The molecule has 0 radical (unpaired) electrons. The van der Waals surface area contributed by atoms with Crippen molar-refractivity contribution in [2.45, 2.75) is 25.8 Å². The fourth-order valence-corrected chi connectivity index (χ4v) is 4.02. The van der Waals surface area contributed by atoms with Crippen molar-refractivity contribution in [2.24, 2.45) is 0 Å². The normalized spacial score (nSPS) is 14.2. The van der Waals surface area contributed by atoms with Crippen LogP contribution in [-0.4, -0.2) is 50.9 Å². The first-order valence-electron chi connectivity index (χ1n) is 10.7. The Hall–Kier alpha value is -4.10. The summed E-state index contributed by atoms with van der Waals surface area (Å²) in [7, 11) is 1.62. The maximum Gasteiger partial charge on any atom is 0.231 e. The molecule has 0 spiro atoms. The standard InChI is InChI=1S/C23H24N8O2/c1-14-25-7-8-31(14)17-3-4-18(19(11-17)32-2)28-23-29-21-20(15(12-24)13-26-21)22(30-23)27-16-5-9-33-10-6-16/h3-4,7-8,11,13,16H,5-6,9-10H2,1-2H3,(H3,26,27,28,29,30). The Balaban J connectivity index is 1.50. The van der Waals surface area contributed by atoms with Crippen LogP contribution >= 0.6 is 0 Å². The van der Waals surface area contributed by atoms with Gasteiger partial charge in [-0.25, -0.2) is 4.98 Å². The van der Waals surface area contributed by atoms with Gasteiger partial charge in [0.2, 0.25) is 5.95 Å². The Kier molecular flexibility index (Phi) is 5.54. The van der Waals surface area contributed by atoms with Gasteiger partial charge in [0.1, 0.15) is 29.1 Å².